The van der Waals surface area contributed by atoms with Crippen LogP contribution in [0.4, 0.5) is 0 Å². The fourth-order valence-corrected chi connectivity index (χ4v) is 2.96. The molecule has 2 aromatic carbocycles. The minimum atomic E-state index is -0.125. The lowest BCUT2D eigenvalue weighted by Gasteiger charge is -2.01. The highest BCUT2D eigenvalue weighted by Crippen LogP contribution is 2.20. The maximum atomic E-state index is 12.0. The molecule has 0 bridgehead atoms. The number of amides is 1. The first kappa shape index (κ1) is 15.3. The number of hydrogen-bond donors (Lipinski definition) is 2. The van der Waals surface area contributed by atoms with Crippen molar-refractivity contribution in [2.75, 3.05) is 6.54 Å². The van der Waals surface area contributed by atoms with E-state index in [0.717, 1.165) is 22.9 Å². The monoisotopic (exact) mass is 330 g/mol. The molecule has 124 valence electrons. The van der Waals surface area contributed by atoms with Gasteiger partial charge in [0.1, 0.15) is 11.3 Å². The largest absolute Gasteiger partial charge is 0.457 e. The van der Waals surface area contributed by atoms with E-state index in [9.17, 15) is 4.79 Å². The molecule has 25 heavy (non-hydrogen) atoms. The van der Waals surface area contributed by atoms with Crippen molar-refractivity contribution >= 4 is 33.9 Å². The molecule has 0 saturated carbocycles. The number of benzene rings is 2. The second-order valence-corrected chi connectivity index (χ2v) is 5.92. The van der Waals surface area contributed by atoms with Crippen molar-refractivity contribution in [1.82, 2.24) is 10.3 Å². The van der Waals surface area contributed by atoms with Crippen LogP contribution in [0.3, 0.4) is 0 Å². The number of carbonyl (C=O) groups excluding carboxylic acids is 1. The molecular weight excluding hydrogens is 312 g/mol. The quantitative estimate of drug-likeness (QED) is 0.536. The van der Waals surface area contributed by atoms with E-state index >= 15 is 0 Å². The first-order valence-electron chi connectivity index (χ1n) is 8.29. The van der Waals surface area contributed by atoms with Gasteiger partial charge in [0.05, 0.1) is 0 Å². The number of aromatic amines is 1. The van der Waals surface area contributed by atoms with Crippen LogP contribution in [0.2, 0.25) is 0 Å². The zero-order valence-electron chi connectivity index (χ0n) is 13.7. The second-order valence-electron chi connectivity index (χ2n) is 5.92. The van der Waals surface area contributed by atoms with Crippen molar-refractivity contribution in [1.29, 1.82) is 0 Å². The maximum absolute atomic E-state index is 12.0. The van der Waals surface area contributed by atoms with Gasteiger partial charge < -0.3 is 14.7 Å². The zero-order chi connectivity index (χ0) is 17.1. The summed E-state index contributed by atoms with van der Waals surface area (Å²) in [5.41, 5.74) is 3.15. The average molecular weight is 330 g/mol. The van der Waals surface area contributed by atoms with E-state index in [0.29, 0.717) is 12.3 Å². The SMILES string of the molecule is O=C(/C=C/c1cc2ccccc2o1)NCCc1c[nH]c2ccccc12. The van der Waals surface area contributed by atoms with Crippen LogP contribution in [0.1, 0.15) is 11.3 Å². The summed E-state index contributed by atoms with van der Waals surface area (Å²) in [5.74, 6) is 0.549. The summed E-state index contributed by atoms with van der Waals surface area (Å²) in [6.07, 6.45) is 5.99. The molecule has 1 amide bonds. The number of carbonyl (C=O) groups is 1. The third-order valence-electron chi connectivity index (χ3n) is 4.21. The van der Waals surface area contributed by atoms with Crippen LogP contribution in [-0.2, 0) is 11.2 Å². The minimum absolute atomic E-state index is 0.125. The molecule has 2 heterocycles. The van der Waals surface area contributed by atoms with Gasteiger partial charge >= 0.3 is 0 Å². The minimum Gasteiger partial charge on any atom is -0.457 e. The van der Waals surface area contributed by atoms with Gasteiger partial charge in [-0.15, -0.1) is 0 Å². The third-order valence-corrected chi connectivity index (χ3v) is 4.21. The van der Waals surface area contributed by atoms with Gasteiger partial charge in [-0.05, 0) is 36.3 Å². The lowest BCUT2D eigenvalue weighted by Crippen LogP contribution is -2.23. The van der Waals surface area contributed by atoms with Gasteiger partial charge in [0, 0.05) is 35.1 Å². The van der Waals surface area contributed by atoms with E-state index in [4.69, 9.17) is 4.42 Å². The number of furan rings is 1. The predicted octanol–water partition coefficient (Wildman–Crippen LogP) is 4.29. The zero-order valence-corrected chi connectivity index (χ0v) is 13.7. The van der Waals surface area contributed by atoms with Crippen LogP contribution in [0.25, 0.3) is 27.9 Å². The Balaban J connectivity index is 1.34. The fraction of sp³-hybridized carbons (Fsp3) is 0.0952. The number of fused-ring (bicyclic) bond motifs is 2. The molecule has 0 aliphatic rings. The molecule has 0 saturated heterocycles. The summed E-state index contributed by atoms with van der Waals surface area (Å²) in [4.78, 5) is 15.2. The van der Waals surface area contributed by atoms with Crippen molar-refractivity contribution < 1.29 is 9.21 Å². The van der Waals surface area contributed by atoms with E-state index in [-0.39, 0.29) is 5.91 Å². The Bertz CT molecular complexity index is 1020. The van der Waals surface area contributed by atoms with Crippen molar-refractivity contribution in [2.45, 2.75) is 6.42 Å². The van der Waals surface area contributed by atoms with E-state index in [2.05, 4.69) is 16.4 Å². The normalized spacial score (nSPS) is 11.5. The van der Waals surface area contributed by atoms with Crippen LogP contribution in [0, 0.1) is 0 Å². The Hall–Kier alpha value is -3.27. The molecule has 4 nitrogen and oxygen atoms in total. The van der Waals surface area contributed by atoms with Gasteiger partial charge in [-0.2, -0.15) is 0 Å². The Labute approximate surface area is 145 Å². The summed E-state index contributed by atoms with van der Waals surface area (Å²) in [6.45, 7) is 0.588. The van der Waals surface area contributed by atoms with Gasteiger partial charge in [-0.1, -0.05) is 36.4 Å². The van der Waals surface area contributed by atoms with Crippen molar-refractivity contribution in [3.8, 4) is 0 Å². The van der Waals surface area contributed by atoms with E-state index in [1.807, 2.05) is 54.7 Å². The highest BCUT2D eigenvalue weighted by molar-refractivity contribution is 5.92. The number of nitrogens with one attached hydrogen (secondary N) is 2. The molecule has 2 N–H and O–H groups in total. The standard InChI is InChI=1S/C21H18N2O2/c24-21(10-9-17-13-15-5-1-4-8-20(15)25-17)22-12-11-16-14-23-19-7-3-2-6-18(16)19/h1-10,13-14,23H,11-12H2,(H,22,24)/b10-9+. The molecule has 4 aromatic rings. The molecule has 0 radical (unpaired) electrons. The Morgan fingerprint density at radius 3 is 2.88 bits per heavy atom. The van der Waals surface area contributed by atoms with E-state index < -0.39 is 0 Å². The van der Waals surface area contributed by atoms with Gasteiger partial charge in [0.25, 0.3) is 0 Å². The van der Waals surface area contributed by atoms with Crippen molar-refractivity contribution in [3.05, 3.63) is 78.2 Å². The molecule has 0 atom stereocenters. The molecule has 4 heteroatoms. The summed E-state index contributed by atoms with van der Waals surface area (Å²) in [5, 5.41) is 5.14. The molecule has 0 aliphatic carbocycles. The van der Waals surface area contributed by atoms with Gasteiger partial charge in [0.2, 0.25) is 5.91 Å². The first-order valence-corrected chi connectivity index (χ1v) is 8.29. The highest BCUT2D eigenvalue weighted by atomic mass is 16.3. The molecule has 2 aromatic heterocycles. The van der Waals surface area contributed by atoms with Crippen LogP contribution in [0.15, 0.2) is 71.3 Å². The molecule has 0 aliphatic heterocycles. The average Bonchev–Trinajstić information content (AvgIpc) is 3.24. The molecule has 0 fully saturated rings. The second kappa shape index (κ2) is 6.69. The van der Waals surface area contributed by atoms with Crippen LogP contribution in [0.5, 0.6) is 0 Å². The first-order chi connectivity index (χ1) is 12.3. The third kappa shape index (κ3) is 3.33. The van der Waals surface area contributed by atoms with E-state index in [1.165, 1.54) is 17.0 Å². The Morgan fingerprint density at radius 1 is 1.12 bits per heavy atom. The van der Waals surface area contributed by atoms with Gasteiger partial charge in [0.15, 0.2) is 0 Å². The molecule has 0 unspecified atom stereocenters. The Morgan fingerprint density at radius 2 is 1.96 bits per heavy atom. The van der Waals surface area contributed by atoms with Crippen molar-refractivity contribution in [2.24, 2.45) is 0 Å². The summed E-state index contributed by atoms with van der Waals surface area (Å²) in [7, 11) is 0. The topological polar surface area (TPSA) is 58.0 Å². The molecule has 4 rings (SSSR count). The summed E-state index contributed by atoms with van der Waals surface area (Å²) >= 11 is 0. The molecular formula is C21H18N2O2. The van der Waals surface area contributed by atoms with Crippen LogP contribution < -0.4 is 5.32 Å². The van der Waals surface area contributed by atoms with Crippen molar-refractivity contribution in [3.63, 3.8) is 0 Å². The lowest BCUT2D eigenvalue weighted by molar-refractivity contribution is -0.116. The van der Waals surface area contributed by atoms with Gasteiger partial charge in [-0.25, -0.2) is 0 Å². The van der Waals surface area contributed by atoms with Gasteiger partial charge in [-0.3, -0.25) is 4.79 Å². The number of hydrogen-bond acceptors (Lipinski definition) is 2. The predicted molar refractivity (Wildman–Crippen MR) is 100 cm³/mol. The number of H-pyrrole nitrogens is 1. The maximum Gasteiger partial charge on any atom is 0.244 e. The number of para-hydroxylation sites is 2. The smallest absolute Gasteiger partial charge is 0.244 e. The number of rotatable bonds is 5. The molecule has 0 spiro atoms. The van der Waals surface area contributed by atoms with Crippen LogP contribution >= 0.6 is 0 Å². The Kier molecular flexibility index (Phi) is 4.09. The van der Waals surface area contributed by atoms with Crippen LogP contribution in [-0.4, -0.2) is 17.4 Å². The highest BCUT2D eigenvalue weighted by Gasteiger charge is 2.04. The summed E-state index contributed by atoms with van der Waals surface area (Å²) in [6, 6.07) is 17.9. The lowest BCUT2D eigenvalue weighted by atomic mass is 10.1. The fourth-order valence-electron chi connectivity index (χ4n) is 2.96. The number of aromatic nitrogens is 1. The van der Waals surface area contributed by atoms with E-state index in [1.54, 1.807) is 6.08 Å². The summed E-state index contributed by atoms with van der Waals surface area (Å²) < 4.78 is 5.66.